The van der Waals surface area contributed by atoms with Gasteiger partial charge in [-0.05, 0) is 38.9 Å². The molecule has 4 nitrogen and oxygen atoms in total. The summed E-state index contributed by atoms with van der Waals surface area (Å²) >= 11 is 0. The summed E-state index contributed by atoms with van der Waals surface area (Å²) in [5.74, 6) is 0.392. The number of allylic oxidation sites excluding steroid dienone is 1. The Bertz CT molecular complexity index is 189. The zero-order valence-electron chi connectivity index (χ0n) is 9.48. The molecule has 1 radical (unpaired) electrons. The van der Waals surface area contributed by atoms with E-state index < -0.39 is 0 Å². The maximum Gasteiger partial charge on any atom is 0.0319 e. The van der Waals surface area contributed by atoms with E-state index in [2.05, 4.69) is 11.9 Å². The van der Waals surface area contributed by atoms with Crippen LogP contribution in [0.5, 0.6) is 0 Å². The number of piperidine rings is 1. The number of likely N-dealkylation sites (tertiary alicyclic amines) is 1. The average molecular weight is 286 g/mol. The van der Waals surface area contributed by atoms with E-state index >= 15 is 0 Å². The van der Waals surface area contributed by atoms with Gasteiger partial charge in [-0.3, -0.25) is 0 Å². The molecule has 1 heterocycles. The van der Waals surface area contributed by atoms with Crippen molar-refractivity contribution in [3.05, 3.63) is 22.9 Å². The molecule has 0 aromatic rings. The monoisotopic (exact) mass is 286 g/mol. The average Bonchev–Trinajstić information content (AvgIpc) is 2.25. The van der Waals surface area contributed by atoms with Gasteiger partial charge in [0.25, 0.3) is 0 Å². The van der Waals surface area contributed by atoms with Crippen LogP contribution in [0.4, 0.5) is 0 Å². The molecule has 0 atom stereocenters. The van der Waals surface area contributed by atoms with Gasteiger partial charge in [0.15, 0.2) is 0 Å². The van der Waals surface area contributed by atoms with Gasteiger partial charge in [0.2, 0.25) is 0 Å². The molecule has 15 heavy (non-hydrogen) atoms. The fourth-order valence-corrected chi connectivity index (χ4v) is 1.60. The van der Waals surface area contributed by atoms with Gasteiger partial charge >= 0.3 is 0 Å². The van der Waals surface area contributed by atoms with Gasteiger partial charge < -0.3 is 21.1 Å². The van der Waals surface area contributed by atoms with Crippen LogP contribution in [0.2, 0.25) is 0 Å². The molecular formula is C10H19N3OY-2. The topological polar surface area (TPSA) is 69.6 Å². The molecule has 2 N–H and O–H groups in total. The maximum absolute atomic E-state index is 8.82. The van der Waals surface area contributed by atoms with Crippen molar-refractivity contribution in [2.75, 3.05) is 27.2 Å². The van der Waals surface area contributed by atoms with Gasteiger partial charge in [0.1, 0.15) is 0 Å². The van der Waals surface area contributed by atoms with Crippen LogP contribution in [-0.4, -0.2) is 43.5 Å². The van der Waals surface area contributed by atoms with Crippen molar-refractivity contribution in [1.82, 2.24) is 4.90 Å². The zero-order valence-corrected chi connectivity index (χ0v) is 12.3. The molecule has 0 unspecified atom stereocenters. The largest absolute Gasteiger partial charge is 0.810 e. The van der Waals surface area contributed by atoms with Crippen LogP contribution in [-0.2, 0) is 32.7 Å². The molecule has 1 aliphatic rings. The fourth-order valence-electron chi connectivity index (χ4n) is 1.60. The molecule has 1 rings (SSSR count). The third kappa shape index (κ3) is 6.41. The third-order valence-electron chi connectivity index (χ3n) is 2.51. The fraction of sp³-hybridized carbons (Fsp3) is 0.700. The molecule has 85 valence electrons. The molecule has 0 aromatic carbocycles. The minimum absolute atomic E-state index is 0. The van der Waals surface area contributed by atoms with E-state index in [0.29, 0.717) is 5.92 Å². The minimum Gasteiger partial charge on any atom is -0.810 e. The van der Waals surface area contributed by atoms with E-state index in [1.54, 1.807) is 0 Å². The van der Waals surface area contributed by atoms with Crippen molar-refractivity contribution < 1.29 is 37.8 Å². The first-order valence-electron chi connectivity index (χ1n) is 4.76. The Hall–Kier alpha value is 0.234. The first kappa shape index (κ1) is 17.6. The van der Waals surface area contributed by atoms with Crippen LogP contribution >= 0.6 is 0 Å². The van der Waals surface area contributed by atoms with Gasteiger partial charge in [-0.1, -0.05) is 5.57 Å². The van der Waals surface area contributed by atoms with E-state index in [-0.39, 0.29) is 32.7 Å². The molecule has 0 amide bonds. The van der Waals surface area contributed by atoms with Crippen molar-refractivity contribution in [2.45, 2.75) is 12.8 Å². The molecule has 0 bridgehead atoms. The molecule has 5 heteroatoms. The molecule has 1 saturated heterocycles. The second-order valence-electron chi connectivity index (χ2n) is 3.35. The Labute approximate surface area is 117 Å². The van der Waals surface area contributed by atoms with Crippen molar-refractivity contribution in [3.63, 3.8) is 0 Å². The standard InChI is InChI=1S/C9H15N3.CH4O.Y/c1-12-4-2-8(3-5-12)9(6-10)7-11;1-2;/h6-8,10H,2-5H2,1H3;2H,1H3;/q-2;;/b9-6+;;. The summed E-state index contributed by atoms with van der Waals surface area (Å²) in [6.45, 7) is 2.13. The number of aliphatic hydroxyl groups is 1. The summed E-state index contributed by atoms with van der Waals surface area (Å²) < 4.78 is 0. The van der Waals surface area contributed by atoms with E-state index in [1.165, 1.54) is 6.20 Å². The second kappa shape index (κ2) is 10.7. The van der Waals surface area contributed by atoms with Crippen molar-refractivity contribution in [2.24, 2.45) is 5.92 Å². The third-order valence-corrected chi connectivity index (χ3v) is 2.51. The van der Waals surface area contributed by atoms with Crippen LogP contribution in [0.15, 0.2) is 11.8 Å². The van der Waals surface area contributed by atoms with Gasteiger partial charge in [0.05, 0.1) is 0 Å². The van der Waals surface area contributed by atoms with Crippen LogP contribution in [0.25, 0.3) is 11.1 Å². The van der Waals surface area contributed by atoms with Crippen LogP contribution < -0.4 is 0 Å². The second-order valence-corrected chi connectivity index (χ2v) is 3.35. The molecule has 1 aliphatic heterocycles. The quantitative estimate of drug-likeness (QED) is 0.782. The number of aliphatic hydroxyl groups excluding tert-OH is 1. The zero-order chi connectivity index (χ0) is 11.0. The first-order valence-corrected chi connectivity index (χ1v) is 4.76. The van der Waals surface area contributed by atoms with Crippen LogP contribution in [0.3, 0.4) is 0 Å². The Kier molecular flexibility index (Phi) is 12.6. The molecule has 1 fully saturated rings. The van der Waals surface area contributed by atoms with Crippen LogP contribution in [0.1, 0.15) is 12.8 Å². The van der Waals surface area contributed by atoms with Gasteiger partial charge in [-0.15, -0.1) is 0 Å². The summed E-state index contributed by atoms with van der Waals surface area (Å²) in [5, 5.41) is 15.8. The molecule has 0 aliphatic carbocycles. The summed E-state index contributed by atoms with van der Waals surface area (Å²) in [6.07, 6.45) is 4.44. The van der Waals surface area contributed by atoms with E-state index in [1.807, 2.05) is 0 Å². The van der Waals surface area contributed by atoms with Gasteiger partial charge in [0, 0.05) is 39.8 Å². The van der Waals surface area contributed by atoms with Crippen LogP contribution in [0, 0.1) is 5.92 Å². The normalized spacial score (nSPS) is 18.5. The Morgan fingerprint density at radius 3 is 2.20 bits per heavy atom. The van der Waals surface area contributed by atoms with Gasteiger partial charge in [-0.25, -0.2) is 0 Å². The predicted molar refractivity (Wildman–Crippen MR) is 60.2 cm³/mol. The molecular weight excluding hydrogens is 267 g/mol. The van der Waals surface area contributed by atoms with Crippen molar-refractivity contribution >= 4 is 6.21 Å². The predicted octanol–water partition coefficient (Wildman–Crippen LogP) is 1.51. The minimum atomic E-state index is 0. The SMILES string of the molecule is CN1CCC(/C(C=[N-])=C/[NH-])CC1.CO.[Y]. The summed E-state index contributed by atoms with van der Waals surface area (Å²) in [5.41, 5.74) is 7.85. The number of nitrogens with zero attached hydrogens (tertiary/aromatic N) is 2. The Morgan fingerprint density at radius 1 is 1.40 bits per heavy atom. The summed E-state index contributed by atoms with van der Waals surface area (Å²) in [6, 6.07) is 0. The van der Waals surface area contributed by atoms with Gasteiger partial charge in [-0.2, -0.15) is 12.4 Å². The first-order chi connectivity index (χ1) is 6.77. The van der Waals surface area contributed by atoms with E-state index in [0.717, 1.165) is 44.8 Å². The van der Waals surface area contributed by atoms with Crippen molar-refractivity contribution in [3.8, 4) is 0 Å². The number of hydrogen-bond donors (Lipinski definition) is 1. The Balaban J connectivity index is 0. The van der Waals surface area contributed by atoms with E-state index in [4.69, 9.17) is 16.2 Å². The summed E-state index contributed by atoms with van der Waals surface area (Å²) in [7, 11) is 3.10. The molecule has 0 spiro atoms. The molecule has 0 aromatic heterocycles. The number of rotatable bonds is 2. The number of hydrogen-bond acceptors (Lipinski definition) is 2. The van der Waals surface area contributed by atoms with Crippen molar-refractivity contribution in [1.29, 1.82) is 0 Å². The Morgan fingerprint density at radius 2 is 1.87 bits per heavy atom. The summed E-state index contributed by atoms with van der Waals surface area (Å²) in [4.78, 5) is 2.27. The maximum atomic E-state index is 8.82. The number of nitrogens with one attached hydrogen (secondary N) is 1. The van der Waals surface area contributed by atoms with E-state index in [9.17, 15) is 0 Å². The smallest absolute Gasteiger partial charge is 0.0319 e. The molecule has 0 saturated carbocycles.